The van der Waals surface area contributed by atoms with Crippen molar-refractivity contribution in [1.29, 1.82) is 5.26 Å². The van der Waals surface area contributed by atoms with Crippen LogP contribution in [0.2, 0.25) is 0 Å². The number of nitrogens with one attached hydrogen (secondary N) is 1. The average molecular weight is 321 g/mol. The fourth-order valence-corrected chi connectivity index (χ4v) is 2.85. The largest absolute Gasteiger partial charge is 0.339 e. The average Bonchev–Trinajstić information content (AvgIpc) is 2.62. The van der Waals surface area contributed by atoms with Crippen LogP contribution in [-0.2, 0) is 0 Å². The third-order valence-electron chi connectivity index (χ3n) is 4.08. The SMILES string of the molecule is CC1CCCN(C(=O)c2cnc(Nc3cccc(C#N)c3)cn2)C1. The van der Waals surface area contributed by atoms with Crippen LogP contribution >= 0.6 is 0 Å². The van der Waals surface area contributed by atoms with Crippen molar-refractivity contribution in [3.05, 3.63) is 47.9 Å². The van der Waals surface area contributed by atoms with Crippen LogP contribution in [0.1, 0.15) is 35.8 Å². The number of amides is 1. The van der Waals surface area contributed by atoms with Crippen LogP contribution in [0.3, 0.4) is 0 Å². The first-order valence-electron chi connectivity index (χ1n) is 8.04. The second-order valence-electron chi connectivity index (χ2n) is 6.10. The van der Waals surface area contributed by atoms with Gasteiger partial charge in [-0.05, 0) is 37.0 Å². The lowest BCUT2D eigenvalue weighted by Crippen LogP contribution is -2.39. The normalized spacial score (nSPS) is 17.2. The zero-order valence-electron chi connectivity index (χ0n) is 13.6. The van der Waals surface area contributed by atoms with Gasteiger partial charge in [-0.15, -0.1) is 0 Å². The second-order valence-corrected chi connectivity index (χ2v) is 6.10. The lowest BCUT2D eigenvalue weighted by Gasteiger charge is -2.30. The third-order valence-corrected chi connectivity index (χ3v) is 4.08. The van der Waals surface area contributed by atoms with E-state index < -0.39 is 0 Å². The Balaban J connectivity index is 1.68. The Morgan fingerprint density at radius 1 is 1.38 bits per heavy atom. The molecule has 1 N–H and O–H groups in total. The smallest absolute Gasteiger partial charge is 0.274 e. The molecule has 1 amide bonds. The quantitative estimate of drug-likeness (QED) is 0.940. The number of carbonyl (C=O) groups is 1. The van der Waals surface area contributed by atoms with E-state index in [9.17, 15) is 4.79 Å². The highest BCUT2D eigenvalue weighted by molar-refractivity contribution is 5.92. The summed E-state index contributed by atoms with van der Waals surface area (Å²) in [6.07, 6.45) is 5.24. The summed E-state index contributed by atoms with van der Waals surface area (Å²) in [6, 6.07) is 9.20. The van der Waals surface area contributed by atoms with Gasteiger partial charge in [-0.3, -0.25) is 4.79 Å². The molecule has 1 fully saturated rings. The lowest BCUT2D eigenvalue weighted by atomic mass is 10.0. The van der Waals surface area contributed by atoms with Crippen LogP contribution in [0, 0.1) is 17.2 Å². The monoisotopic (exact) mass is 321 g/mol. The number of carbonyl (C=O) groups excluding carboxylic acids is 1. The highest BCUT2D eigenvalue weighted by Crippen LogP contribution is 2.18. The first kappa shape index (κ1) is 15.9. The highest BCUT2D eigenvalue weighted by atomic mass is 16.2. The van der Waals surface area contributed by atoms with Crippen molar-refractivity contribution in [3.8, 4) is 6.07 Å². The highest BCUT2D eigenvalue weighted by Gasteiger charge is 2.23. The van der Waals surface area contributed by atoms with E-state index >= 15 is 0 Å². The maximum atomic E-state index is 12.5. The molecular formula is C18H19N5O. The molecule has 1 aliphatic heterocycles. The summed E-state index contributed by atoms with van der Waals surface area (Å²) in [5, 5.41) is 12.0. The van der Waals surface area contributed by atoms with E-state index in [0.29, 0.717) is 23.0 Å². The number of anilines is 2. The molecule has 1 unspecified atom stereocenters. The lowest BCUT2D eigenvalue weighted by molar-refractivity contribution is 0.0676. The number of aromatic nitrogens is 2. The van der Waals surface area contributed by atoms with Gasteiger partial charge in [0.1, 0.15) is 11.5 Å². The minimum atomic E-state index is -0.0629. The van der Waals surface area contributed by atoms with Crippen molar-refractivity contribution in [3.63, 3.8) is 0 Å². The minimum absolute atomic E-state index is 0.0629. The van der Waals surface area contributed by atoms with Crippen molar-refractivity contribution in [2.24, 2.45) is 5.92 Å². The molecule has 1 aromatic heterocycles. The zero-order valence-corrected chi connectivity index (χ0v) is 13.6. The van der Waals surface area contributed by atoms with Crippen LogP contribution < -0.4 is 5.32 Å². The summed E-state index contributed by atoms with van der Waals surface area (Å²) in [6.45, 7) is 3.72. The van der Waals surface area contributed by atoms with E-state index in [1.54, 1.807) is 24.4 Å². The molecule has 1 saturated heterocycles. The van der Waals surface area contributed by atoms with Gasteiger partial charge in [0, 0.05) is 18.8 Å². The number of benzene rings is 1. The van der Waals surface area contributed by atoms with Gasteiger partial charge < -0.3 is 10.2 Å². The molecular weight excluding hydrogens is 302 g/mol. The predicted molar refractivity (Wildman–Crippen MR) is 90.8 cm³/mol. The summed E-state index contributed by atoms with van der Waals surface area (Å²) in [5.74, 6) is 1.00. The van der Waals surface area contributed by atoms with E-state index in [2.05, 4.69) is 28.3 Å². The Bertz CT molecular complexity index is 766. The van der Waals surface area contributed by atoms with Crippen molar-refractivity contribution in [2.45, 2.75) is 19.8 Å². The second kappa shape index (κ2) is 7.09. The molecule has 0 aliphatic carbocycles. The molecule has 3 rings (SSSR count). The number of rotatable bonds is 3. The fourth-order valence-electron chi connectivity index (χ4n) is 2.85. The van der Waals surface area contributed by atoms with E-state index in [-0.39, 0.29) is 5.91 Å². The Hall–Kier alpha value is -2.94. The van der Waals surface area contributed by atoms with Gasteiger partial charge in [-0.1, -0.05) is 13.0 Å². The molecule has 0 radical (unpaired) electrons. The number of piperidine rings is 1. The first-order chi connectivity index (χ1) is 11.7. The predicted octanol–water partition coefficient (Wildman–Crippen LogP) is 2.96. The number of likely N-dealkylation sites (tertiary alicyclic amines) is 1. The van der Waals surface area contributed by atoms with Crippen molar-refractivity contribution < 1.29 is 4.79 Å². The molecule has 1 aromatic carbocycles. The molecule has 2 aromatic rings. The van der Waals surface area contributed by atoms with Gasteiger partial charge in [0.15, 0.2) is 0 Å². The molecule has 1 aliphatic rings. The van der Waals surface area contributed by atoms with Crippen LogP contribution in [0.25, 0.3) is 0 Å². The summed E-state index contributed by atoms with van der Waals surface area (Å²) in [4.78, 5) is 22.8. The summed E-state index contributed by atoms with van der Waals surface area (Å²) in [7, 11) is 0. The van der Waals surface area contributed by atoms with Gasteiger partial charge in [0.25, 0.3) is 5.91 Å². The standard InChI is InChI=1S/C18H19N5O/c1-13-4-3-7-23(12-13)18(24)16-10-21-17(11-20-16)22-15-6-2-5-14(8-15)9-19/h2,5-6,8,10-11,13H,3-4,7,12H2,1H3,(H,21,22). The Morgan fingerprint density at radius 2 is 2.25 bits per heavy atom. The number of hydrogen-bond donors (Lipinski definition) is 1. The van der Waals surface area contributed by atoms with Gasteiger partial charge in [0.2, 0.25) is 0 Å². The Labute approximate surface area is 141 Å². The van der Waals surface area contributed by atoms with Crippen LogP contribution in [0.5, 0.6) is 0 Å². The van der Waals surface area contributed by atoms with Gasteiger partial charge >= 0.3 is 0 Å². The summed E-state index contributed by atoms with van der Waals surface area (Å²) in [5.41, 5.74) is 1.69. The first-order valence-corrected chi connectivity index (χ1v) is 8.04. The van der Waals surface area contributed by atoms with Crippen molar-refractivity contribution in [2.75, 3.05) is 18.4 Å². The number of nitriles is 1. The van der Waals surface area contributed by atoms with Crippen LogP contribution in [0.4, 0.5) is 11.5 Å². The van der Waals surface area contributed by atoms with Crippen LogP contribution in [0.15, 0.2) is 36.7 Å². The number of hydrogen-bond acceptors (Lipinski definition) is 5. The third kappa shape index (κ3) is 3.69. The minimum Gasteiger partial charge on any atom is -0.339 e. The summed E-state index contributed by atoms with van der Waals surface area (Å²) < 4.78 is 0. The molecule has 6 heteroatoms. The molecule has 122 valence electrons. The molecule has 0 spiro atoms. The fraction of sp³-hybridized carbons (Fsp3) is 0.333. The van der Waals surface area contributed by atoms with Gasteiger partial charge in [-0.2, -0.15) is 5.26 Å². The number of nitrogens with zero attached hydrogens (tertiary/aromatic N) is 4. The molecule has 0 saturated carbocycles. The zero-order chi connectivity index (χ0) is 16.9. The van der Waals surface area contributed by atoms with Crippen molar-refractivity contribution in [1.82, 2.24) is 14.9 Å². The summed E-state index contributed by atoms with van der Waals surface area (Å²) >= 11 is 0. The van der Waals surface area contributed by atoms with E-state index in [1.165, 1.54) is 12.6 Å². The molecule has 24 heavy (non-hydrogen) atoms. The Kier molecular flexibility index (Phi) is 4.71. The maximum Gasteiger partial charge on any atom is 0.274 e. The molecule has 2 heterocycles. The Morgan fingerprint density at radius 3 is 2.96 bits per heavy atom. The van der Waals surface area contributed by atoms with Gasteiger partial charge in [-0.25, -0.2) is 9.97 Å². The van der Waals surface area contributed by atoms with Crippen LogP contribution in [-0.4, -0.2) is 33.9 Å². The maximum absolute atomic E-state index is 12.5. The van der Waals surface area contributed by atoms with Gasteiger partial charge in [0.05, 0.1) is 24.0 Å². The molecule has 6 nitrogen and oxygen atoms in total. The topological polar surface area (TPSA) is 81.9 Å². The van der Waals surface area contributed by atoms with E-state index in [4.69, 9.17) is 5.26 Å². The van der Waals surface area contributed by atoms with E-state index in [0.717, 1.165) is 25.2 Å². The molecule has 1 atom stereocenters. The van der Waals surface area contributed by atoms with Crippen molar-refractivity contribution >= 4 is 17.4 Å². The van der Waals surface area contributed by atoms with E-state index in [1.807, 2.05) is 11.0 Å². The molecule has 0 bridgehead atoms.